The average Bonchev–Trinajstić information content (AvgIpc) is 2.95. The van der Waals surface area contributed by atoms with Crippen LogP contribution in [0.1, 0.15) is 60.7 Å². The molecule has 0 aliphatic heterocycles. The minimum absolute atomic E-state index is 0.0918. The third-order valence-corrected chi connectivity index (χ3v) is 6.51. The van der Waals surface area contributed by atoms with Crippen LogP contribution in [-0.2, 0) is 23.8 Å². The Morgan fingerprint density at radius 2 is 1.18 bits per heavy atom. The molecule has 0 radical (unpaired) electrons. The molecule has 44 heavy (non-hydrogen) atoms. The van der Waals surface area contributed by atoms with Crippen LogP contribution in [0.25, 0.3) is 0 Å². The summed E-state index contributed by atoms with van der Waals surface area (Å²) < 4.78 is 71.8. The minimum atomic E-state index is -3.70. The van der Waals surface area contributed by atoms with Crippen LogP contribution < -0.4 is 28.4 Å². The number of benzene rings is 2. The van der Waals surface area contributed by atoms with E-state index in [-0.39, 0.29) is 65.9 Å². The maximum Gasteiger partial charge on any atom is 0.338 e. The average molecular weight is 643 g/mol. The third kappa shape index (κ3) is 11.0. The summed E-state index contributed by atoms with van der Waals surface area (Å²) in [4.78, 5) is 25.8. The Labute approximate surface area is 258 Å². The van der Waals surface area contributed by atoms with Crippen LogP contribution in [0.3, 0.4) is 0 Å². The molecule has 0 heterocycles. The Morgan fingerprint density at radius 3 is 1.64 bits per heavy atom. The van der Waals surface area contributed by atoms with E-state index in [1.54, 1.807) is 20.8 Å². The molecular formula is C30H42O13S. The van der Waals surface area contributed by atoms with Crippen LogP contribution >= 0.6 is 0 Å². The molecule has 1 atom stereocenters. The fraction of sp³-hybridized carbons (Fsp3) is 0.533. The fourth-order valence-electron chi connectivity index (χ4n) is 4.00. The molecule has 2 rings (SSSR count). The van der Waals surface area contributed by atoms with Gasteiger partial charge < -0.3 is 37.9 Å². The van der Waals surface area contributed by atoms with Crippen molar-refractivity contribution in [2.75, 3.05) is 55.0 Å². The van der Waals surface area contributed by atoms with Gasteiger partial charge in [0.2, 0.25) is 11.5 Å². The molecule has 0 fully saturated rings. The number of hydrogen-bond donors (Lipinski definition) is 0. The molecule has 0 saturated carbocycles. The van der Waals surface area contributed by atoms with Crippen LogP contribution in [0.5, 0.6) is 34.5 Å². The zero-order valence-electron chi connectivity index (χ0n) is 26.6. The Balaban J connectivity index is 2.21. The van der Waals surface area contributed by atoms with Crippen molar-refractivity contribution in [3.05, 3.63) is 35.4 Å². The lowest BCUT2D eigenvalue weighted by atomic mass is 10.1. The van der Waals surface area contributed by atoms with Gasteiger partial charge in [-0.3, -0.25) is 4.18 Å². The van der Waals surface area contributed by atoms with E-state index in [0.29, 0.717) is 12.2 Å². The van der Waals surface area contributed by atoms with E-state index < -0.39 is 33.8 Å². The second-order valence-electron chi connectivity index (χ2n) is 10.5. The van der Waals surface area contributed by atoms with Gasteiger partial charge in [-0.2, -0.15) is 8.42 Å². The van der Waals surface area contributed by atoms with Crippen molar-refractivity contribution in [2.45, 2.75) is 51.7 Å². The van der Waals surface area contributed by atoms with Crippen molar-refractivity contribution in [1.29, 1.82) is 0 Å². The van der Waals surface area contributed by atoms with Gasteiger partial charge in [0.15, 0.2) is 23.0 Å². The highest BCUT2D eigenvalue weighted by Crippen LogP contribution is 2.40. The first-order valence-electron chi connectivity index (χ1n) is 13.6. The first-order valence-corrected chi connectivity index (χ1v) is 15.5. The van der Waals surface area contributed by atoms with E-state index >= 15 is 0 Å². The van der Waals surface area contributed by atoms with Gasteiger partial charge >= 0.3 is 11.9 Å². The highest BCUT2D eigenvalue weighted by molar-refractivity contribution is 7.85. The van der Waals surface area contributed by atoms with Crippen molar-refractivity contribution in [3.8, 4) is 34.5 Å². The summed E-state index contributed by atoms with van der Waals surface area (Å²) in [6.45, 7) is 5.21. The maximum atomic E-state index is 13.1. The lowest BCUT2D eigenvalue weighted by molar-refractivity contribution is 0.00680. The van der Waals surface area contributed by atoms with E-state index in [4.69, 9.17) is 42.1 Å². The zero-order valence-corrected chi connectivity index (χ0v) is 27.5. The fourth-order valence-corrected chi connectivity index (χ4v) is 4.40. The zero-order chi connectivity index (χ0) is 33.1. The van der Waals surface area contributed by atoms with E-state index in [1.165, 1.54) is 59.8 Å². The van der Waals surface area contributed by atoms with Gasteiger partial charge in [-0.1, -0.05) is 0 Å². The van der Waals surface area contributed by atoms with Crippen LogP contribution in [0.15, 0.2) is 24.3 Å². The predicted molar refractivity (Wildman–Crippen MR) is 160 cm³/mol. The molecule has 13 nitrogen and oxygen atoms in total. The van der Waals surface area contributed by atoms with Crippen LogP contribution in [-0.4, -0.2) is 87.1 Å². The van der Waals surface area contributed by atoms with E-state index in [2.05, 4.69) is 0 Å². The van der Waals surface area contributed by atoms with Crippen molar-refractivity contribution >= 4 is 22.1 Å². The largest absolute Gasteiger partial charge is 0.493 e. The molecule has 0 bridgehead atoms. The Hall–Kier alpha value is -3.91. The van der Waals surface area contributed by atoms with Gasteiger partial charge in [0, 0.05) is 6.42 Å². The molecule has 0 aliphatic rings. The third-order valence-electron chi connectivity index (χ3n) is 5.92. The van der Waals surface area contributed by atoms with Crippen molar-refractivity contribution in [2.24, 2.45) is 0 Å². The normalized spacial score (nSPS) is 12.1. The Kier molecular flexibility index (Phi) is 13.4. The molecule has 0 spiro atoms. The number of methoxy groups -OCH3 is 5. The molecular weight excluding hydrogens is 600 g/mol. The second-order valence-corrected chi connectivity index (χ2v) is 12.1. The van der Waals surface area contributed by atoms with Crippen molar-refractivity contribution in [1.82, 2.24) is 0 Å². The summed E-state index contributed by atoms with van der Waals surface area (Å²) in [7, 11) is 3.47. The molecule has 1 unspecified atom stereocenters. The van der Waals surface area contributed by atoms with Gasteiger partial charge in [0.05, 0.1) is 66.1 Å². The topological polar surface area (TPSA) is 151 Å². The van der Waals surface area contributed by atoms with Crippen molar-refractivity contribution < 1.29 is 60.1 Å². The summed E-state index contributed by atoms with van der Waals surface area (Å²) in [5.74, 6) is 0.402. The minimum Gasteiger partial charge on any atom is -0.493 e. The SMILES string of the molecule is COc1cc(C(=O)OC(CCCOc2cc(C(=O)OC(C)(C)C)cc(OC)c2OC)CCOS(C)(=O)=O)cc(OC)c1OC. The highest BCUT2D eigenvalue weighted by atomic mass is 32.2. The molecule has 246 valence electrons. The standard InChI is InChI=1S/C30H42O13S/c1-30(2,3)43-29(32)20-17-24(37-6)27(39-8)25(18-20)40-13-10-11-21(12-14-41-44(9,33)34)42-28(31)19-15-22(35-4)26(38-7)23(16-19)36-5/h15-18,21H,10-14H2,1-9H3. The van der Waals surface area contributed by atoms with Gasteiger partial charge in [0.25, 0.3) is 10.1 Å². The number of rotatable bonds is 17. The Morgan fingerprint density at radius 1 is 0.705 bits per heavy atom. The number of esters is 2. The summed E-state index contributed by atoms with van der Waals surface area (Å²) in [6.07, 6.45) is 0.943. The van der Waals surface area contributed by atoms with E-state index in [0.717, 1.165) is 6.26 Å². The predicted octanol–water partition coefficient (Wildman–Crippen LogP) is 4.44. The summed E-state index contributed by atoms with van der Waals surface area (Å²) in [5, 5.41) is 0. The van der Waals surface area contributed by atoms with Gasteiger partial charge in [-0.15, -0.1) is 0 Å². The lowest BCUT2D eigenvalue weighted by Gasteiger charge is -2.21. The second kappa shape index (κ2) is 16.2. The number of carbonyl (C=O) groups is 2. The van der Waals surface area contributed by atoms with Crippen LogP contribution in [0.4, 0.5) is 0 Å². The lowest BCUT2D eigenvalue weighted by Crippen LogP contribution is -2.24. The Bertz CT molecular complexity index is 1360. The quantitative estimate of drug-likeness (QED) is 0.136. The van der Waals surface area contributed by atoms with Gasteiger partial charge in [-0.25, -0.2) is 9.59 Å². The van der Waals surface area contributed by atoms with E-state index in [9.17, 15) is 18.0 Å². The first kappa shape index (κ1) is 36.3. The molecule has 0 N–H and O–H groups in total. The number of hydrogen-bond acceptors (Lipinski definition) is 13. The van der Waals surface area contributed by atoms with E-state index in [1.807, 2.05) is 0 Å². The molecule has 0 aliphatic carbocycles. The first-order chi connectivity index (χ1) is 20.7. The maximum absolute atomic E-state index is 13.1. The van der Waals surface area contributed by atoms with Crippen molar-refractivity contribution in [3.63, 3.8) is 0 Å². The van der Waals surface area contributed by atoms with Gasteiger partial charge in [0.1, 0.15) is 11.7 Å². The summed E-state index contributed by atoms with van der Waals surface area (Å²) in [5.41, 5.74) is -0.358. The number of carbonyl (C=O) groups excluding carboxylic acids is 2. The van der Waals surface area contributed by atoms with Gasteiger partial charge in [-0.05, 0) is 57.9 Å². The molecule has 0 amide bonds. The summed E-state index contributed by atoms with van der Waals surface area (Å²) >= 11 is 0. The molecule has 2 aromatic carbocycles. The summed E-state index contributed by atoms with van der Waals surface area (Å²) in [6, 6.07) is 5.90. The van der Waals surface area contributed by atoms with Crippen LogP contribution in [0, 0.1) is 0 Å². The van der Waals surface area contributed by atoms with Crippen LogP contribution in [0.2, 0.25) is 0 Å². The molecule has 0 saturated heterocycles. The smallest absolute Gasteiger partial charge is 0.338 e. The molecule has 0 aromatic heterocycles. The molecule has 2 aromatic rings. The number of ether oxygens (including phenoxy) is 8. The highest BCUT2D eigenvalue weighted by Gasteiger charge is 2.24. The molecule has 14 heteroatoms. The monoisotopic (exact) mass is 642 g/mol.